The summed E-state index contributed by atoms with van der Waals surface area (Å²) in [4.78, 5) is 4.42. The van der Waals surface area contributed by atoms with E-state index in [2.05, 4.69) is 15.3 Å². The van der Waals surface area contributed by atoms with E-state index in [1.807, 2.05) is 31.2 Å². The summed E-state index contributed by atoms with van der Waals surface area (Å²) in [6.07, 6.45) is 3.27. The highest BCUT2D eigenvalue weighted by Crippen LogP contribution is 2.19. The predicted octanol–water partition coefficient (Wildman–Crippen LogP) is 1.87. The Morgan fingerprint density at radius 2 is 2.05 bits per heavy atom. The van der Waals surface area contributed by atoms with Gasteiger partial charge in [-0.15, -0.1) is 5.10 Å². The van der Waals surface area contributed by atoms with Gasteiger partial charge in [-0.2, -0.15) is 0 Å². The fourth-order valence-corrected chi connectivity index (χ4v) is 1.76. The summed E-state index contributed by atoms with van der Waals surface area (Å²) < 4.78 is 7.08. The van der Waals surface area contributed by atoms with Crippen LogP contribution in [0.4, 0.5) is 5.82 Å². The third-order valence-corrected chi connectivity index (χ3v) is 2.73. The molecule has 0 saturated heterocycles. The Morgan fingerprint density at radius 3 is 2.74 bits per heavy atom. The number of nitrogens with two attached hydrogens (primary N) is 1. The van der Waals surface area contributed by atoms with Crippen molar-refractivity contribution in [1.29, 1.82) is 0 Å². The Morgan fingerprint density at radius 1 is 1.26 bits per heavy atom. The lowest BCUT2D eigenvalue weighted by Gasteiger charge is -1.96. The van der Waals surface area contributed by atoms with Crippen molar-refractivity contribution in [1.82, 2.24) is 20.0 Å². The van der Waals surface area contributed by atoms with Crippen molar-refractivity contribution in [3.63, 3.8) is 0 Å². The van der Waals surface area contributed by atoms with Crippen LogP contribution in [0.1, 0.15) is 11.3 Å². The number of anilines is 1. The van der Waals surface area contributed by atoms with Crippen LogP contribution in [-0.2, 0) is 6.54 Å². The zero-order chi connectivity index (χ0) is 13.2. The molecule has 0 saturated carbocycles. The zero-order valence-electron chi connectivity index (χ0n) is 10.4. The minimum Gasteiger partial charge on any atom is -0.444 e. The maximum Gasteiger partial charge on any atom is 0.226 e. The minimum atomic E-state index is 0.391. The first-order chi connectivity index (χ1) is 9.20. The Bertz CT molecular complexity index is 683. The van der Waals surface area contributed by atoms with Gasteiger partial charge in [0.15, 0.2) is 5.82 Å². The molecule has 0 aliphatic rings. The topological polar surface area (TPSA) is 82.8 Å². The van der Waals surface area contributed by atoms with Crippen LogP contribution >= 0.6 is 0 Å². The highest BCUT2D eigenvalue weighted by atomic mass is 16.3. The Labute approximate surface area is 109 Å². The third-order valence-electron chi connectivity index (χ3n) is 2.73. The van der Waals surface area contributed by atoms with Crippen molar-refractivity contribution >= 4 is 5.82 Å². The molecule has 6 nitrogen and oxygen atoms in total. The first kappa shape index (κ1) is 11.5. The fourth-order valence-electron chi connectivity index (χ4n) is 1.76. The number of benzene rings is 1. The van der Waals surface area contributed by atoms with Crippen LogP contribution in [-0.4, -0.2) is 20.0 Å². The van der Waals surface area contributed by atoms with Gasteiger partial charge in [0.25, 0.3) is 0 Å². The van der Waals surface area contributed by atoms with E-state index < -0.39 is 0 Å². The molecule has 96 valence electrons. The second-order valence-corrected chi connectivity index (χ2v) is 4.35. The van der Waals surface area contributed by atoms with Gasteiger partial charge in [-0.25, -0.2) is 9.67 Å². The molecule has 0 spiro atoms. The molecule has 3 rings (SSSR count). The van der Waals surface area contributed by atoms with Crippen LogP contribution in [0.2, 0.25) is 0 Å². The molecule has 0 unspecified atom stereocenters. The average Bonchev–Trinajstić information content (AvgIpc) is 3.00. The van der Waals surface area contributed by atoms with Crippen molar-refractivity contribution < 1.29 is 4.42 Å². The van der Waals surface area contributed by atoms with Crippen LogP contribution in [0.25, 0.3) is 11.5 Å². The van der Waals surface area contributed by atoms with Gasteiger partial charge >= 0.3 is 0 Å². The minimum absolute atomic E-state index is 0.391. The van der Waals surface area contributed by atoms with E-state index in [-0.39, 0.29) is 0 Å². The van der Waals surface area contributed by atoms with Crippen molar-refractivity contribution in [2.24, 2.45) is 0 Å². The molecule has 0 atom stereocenters. The lowest BCUT2D eigenvalue weighted by molar-refractivity contribution is 0.568. The molecular formula is C13H13N5O. The standard InChI is InChI=1S/C13H13N5O/c1-9-2-4-10(5-3-9)13-15-11(8-19-13)6-18-7-12(14)16-17-18/h2-5,7-8H,6,14H2,1H3. The first-order valence-electron chi connectivity index (χ1n) is 5.88. The number of aryl methyl sites for hydroxylation is 1. The van der Waals surface area contributed by atoms with Crippen LogP contribution in [0.15, 0.2) is 41.1 Å². The number of nitrogen functional groups attached to an aromatic ring is 1. The lowest BCUT2D eigenvalue weighted by Crippen LogP contribution is -2.00. The molecule has 2 aromatic heterocycles. The third kappa shape index (κ3) is 2.47. The van der Waals surface area contributed by atoms with Gasteiger partial charge in [0.1, 0.15) is 12.0 Å². The maximum absolute atomic E-state index is 5.50. The molecular weight excluding hydrogens is 242 g/mol. The molecule has 19 heavy (non-hydrogen) atoms. The van der Waals surface area contributed by atoms with Gasteiger partial charge in [-0.3, -0.25) is 0 Å². The Balaban J connectivity index is 1.81. The summed E-state index contributed by atoms with van der Waals surface area (Å²) in [6, 6.07) is 8.02. The van der Waals surface area contributed by atoms with Crippen LogP contribution < -0.4 is 5.73 Å². The average molecular weight is 255 g/mol. The fraction of sp³-hybridized carbons (Fsp3) is 0.154. The number of nitrogens with zero attached hydrogens (tertiary/aromatic N) is 4. The molecule has 0 bridgehead atoms. The van der Waals surface area contributed by atoms with Gasteiger partial charge < -0.3 is 10.2 Å². The lowest BCUT2D eigenvalue weighted by atomic mass is 10.1. The summed E-state index contributed by atoms with van der Waals surface area (Å²) in [6.45, 7) is 2.53. The summed E-state index contributed by atoms with van der Waals surface area (Å²) in [5.41, 5.74) is 8.44. The van der Waals surface area contributed by atoms with Crippen molar-refractivity contribution in [3.8, 4) is 11.5 Å². The second-order valence-electron chi connectivity index (χ2n) is 4.35. The summed E-state index contributed by atoms with van der Waals surface area (Å²) >= 11 is 0. The molecule has 3 aromatic rings. The summed E-state index contributed by atoms with van der Waals surface area (Å²) in [7, 11) is 0. The molecule has 2 heterocycles. The highest BCUT2D eigenvalue weighted by molar-refractivity contribution is 5.53. The van der Waals surface area contributed by atoms with Gasteiger partial charge in [-0.05, 0) is 19.1 Å². The van der Waals surface area contributed by atoms with E-state index >= 15 is 0 Å². The van der Waals surface area contributed by atoms with Crippen molar-refractivity contribution in [2.75, 3.05) is 5.73 Å². The molecule has 2 N–H and O–H groups in total. The quantitative estimate of drug-likeness (QED) is 0.772. The number of hydrogen-bond acceptors (Lipinski definition) is 5. The van der Waals surface area contributed by atoms with Gasteiger partial charge in [0.05, 0.1) is 12.7 Å². The molecule has 1 aromatic carbocycles. The maximum atomic E-state index is 5.50. The van der Waals surface area contributed by atoms with Crippen molar-refractivity contribution in [3.05, 3.63) is 48.0 Å². The molecule has 0 aliphatic heterocycles. The molecule has 0 aliphatic carbocycles. The summed E-state index contributed by atoms with van der Waals surface area (Å²) in [5.74, 6) is 0.991. The molecule has 0 amide bonds. The molecule has 0 fully saturated rings. The second kappa shape index (κ2) is 4.56. The van der Waals surface area contributed by atoms with E-state index in [1.54, 1.807) is 17.1 Å². The van der Waals surface area contributed by atoms with E-state index in [1.165, 1.54) is 5.56 Å². The molecule has 0 radical (unpaired) electrons. The van der Waals surface area contributed by atoms with E-state index in [4.69, 9.17) is 10.2 Å². The van der Waals surface area contributed by atoms with Crippen LogP contribution in [0.5, 0.6) is 0 Å². The monoisotopic (exact) mass is 255 g/mol. The smallest absolute Gasteiger partial charge is 0.226 e. The van der Waals surface area contributed by atoms with Gasteiger partial charge in [-0.1, -0.05) is 22.9 Å². The number of oxazole rings is 1. The normalized spacial score (nSPS) is 10.8. The van der Waals surface area contributed by atoms with Gasteiger partial charge in [0.2, 0.25) is 5.89 Å². The van der Waals surface area contributed by atoms with Crippen LogP contribution in [0.3, 0.4) is 0 Å². The predicted molar refractivity (Wildman–Crippen MR) is 70.2 cm³/mol. The van der Waals surface area contributed by atoms with E-state index in [0.717, 1.165) is 11.3 Å². The van der Waals surface area contributed by atoms with E-state index in [0.29, 0.717) is 18.3 Å². The number of aromatic nitrogens is 4. The van der Waals surface area contributed by atoms with Crippen molar-refractivity contribution in [2.45, 2.75) is 13.5 Å². The van der Waals surface area contributed by atoms with Gasteiger partial charge in [0, 0.05) is 5.56 Å². The SMILES string of the molecule is Cc1ccc(-c2nc(Cn3cc(N)nn3)co2)cc1. The largest absolute Gasteiger partial charge is 0.444 e. The molecule has 6 heteroatoms. The van der Waals surface area contributed by atoms with Crippen LogP contribution in [0, 0.1) is 6.92 Å². The van der Waals surface area contributed by atoms with E-state index in [9.17, 15) is 0 Å². The Hall–Kier alpha value is -2.63. The number of rotatable bonds is 3. The number of hydrogen-bond donors (Lipinski definition) is 1. The first-order valence-corrected chi connectivity index (χ1v) is 5.88. The zero-order valence-corrected chi connectivity index (χ0v) is 10.4. The summed E-state index contributed by atoms with van der Waals surface area (Å²) in [5, 5.41) is 7.58. The Kier molecular flexibility index (Phi) is 2.75. The highest BCUT2D eigenvalue weighted by Gasteiger charge is 2.07.